The Bertz CT molecular complexity index is 626. The van der Waals surface area contributed by atoms with Gasteiger partial charge < -0.3 is 19.5 Å². The van der Waals surface area contributed by atoms with Crippen molar-refractivity contribution >= 4 is 23.5 Å². The first-order valence-electron chi connectivity index (χ1n) is 7.80. The number of carbonyl (C=O) groups excluding carboxylic acids is 2. The summed E-state index contributed by atoms with van der Waals surface area (Å²) in [4.78, 5) is 24.9. The smallest absolute Gasteiger partial charge is 0.331 e. The summed E-state index contributed by atoms with van der Waals surface area (Å²) in [5.41, 5.74) is -0.685. The molecule has 2 rings (SSSR count). The van der Waals surface area contributed by atoms with Crippen molar-refractivity contribution in [1.82, 2.24) is 5.32 Å². The first-order chi connectivity index (χ1) is 11.5. The van der Waals surface area contributed by atoms with Crippen molar-refractivity contribution in [3.63, 3.8) is 0 Å². The van der Waals surface area contributed by atoms with Crippen molar-refractivity contribution < 1.29 is 23.8 Å². The fraction of sp³-hybridized carbons (Fsp3) is 0.529. The van der Waals surface area contributed by atoms with Crippen LogP contribution < -0.4 is 14.8 Å². The molecule has 0 aromatic heterocycles. The monoisotopic (exact) mass is 355 g/mol. The van der Waals surface area contributed by atoms with Crippen LogP contribution in [0.3, 0.4) is 0 Å². The minimum absolute atomic E-state index is 0.262. The van der Waals surface area contributed by atoms with Gasteiger partial charge in [0.1, 0.15) is 5.54 Å². The number of halogens is 1. The summed E-state index contributed by atoms with van der Waals surface area (Å²) in [6.45, 7) is 0. The van der Waals surface area contributed by atoms with Crippen LogP contribution in [0.4, 0.5) is 0 Å². The van der Waals surface area contributed by atoms with Crippen LogP contribution in [0.5, 0.6) is 11.5 Å². The molecule has 0 bridgehead atoms. The van der Waals surface area contributed by atoms with E-state index in [0.29, 0.717) is 29.9 Å². The number of carbonyl (C=O) groups is 2. The van der Waals surface area contributed by atoms with Gasteiger partial charge in [-0.05, 0) is 25.0 Å². The van der Waals surface area contributed by atoms with Crippen LogP contribution in [0, 0.1) is 0 Å². The van der Waals surface area contributed by atoms with Gasteiger partial charge in [0, 0.05) is 5.56 Å². The van der Waals surface area contributed by atoms with Gasteiger partial charge >= 0.3 is 5.97 Å². The number of hydrogen-bond acceptors (Lipinski definition) is 5. The van der Waals surface area contributed by atoms with Gasteiger partial charge in [0.15, 0.2) is 11.5 Å². The van der Waals surface area contributed by atoms with Gasteiger partial charge in [-0.25, -0.2) is 4.79 Å². The third kappa shape index (κ3) is 3.59. The number of methoxy groups -OCH3 is 3. The molecule has 7 heteroatoms. The lowest BCUT2D eigenvalue weighted by molar-refractivity contribution is -0.149. The van der Waals surface area contributed by atoms with Gasteiger partial charge in [-0.1, -0.05) is 30.9 Å². The Labute approximate surface area is 146 Å². The van der Waals surface area contributed by atoms with Gasteiger partial charge in [0.05, 0.1) is 26.4 Å². The van der Waals surface area contributed by atoms with Crippen molar-refractivity contribution in [3.05, 3.63) is 22.7 Å². The number of benzene rings is 1. The van der Waals surface area contributed by atoms with E-state index in [9.17, 15) is 9.59 Å². The molecule has 0 aliphatic heterocycles. The summed E-state index contributed by atoms with van der Waals surface area (Å²) in [7, 11) is 4.27. The van der Waals surface area contributed by atoms with E-state index < -0.39 is 17.4 Å². The second-order valence-corrected chi connectivity index (χ2v) is 6.19. The third-order valence-corrected chi connectivity index (χ3v) is 4.61. The number of amides is 1. The molecule has 1 N–H and O–H groups in total. The maximum atomic E-state index is 12.7. The topological polar surface area (TPSA) is 73.9 Å². The van der Waals surface area contributed by atoms with Gasteiger partial charge in [-0.15, -0.1) is 0 Å². The van der Waals surface area contributed by atoms with Crippen LogP contribution >= 0.6 is 11.6 Å². The Morgan fingerprint density at radius 1 is 1.08 bits per heavy atom. The van der Waals surface area contributed by atoms with Crippen LogP contribution in [0.25, 0.3) is 0 Å². The lowest BCUT2D eigenvalue weighted by Gasteiger charge is -2.35. The molecular formula is C17H22ClNO5. The van der Waals surface area contributed by atoms with Crippen molar-refractivity contribution in [2.75, 3.05) is 21.3 Å². The molecule has 1 aromatic carbocycles. The van der Waals surface area contributed by atoms with Crippen LogP contribution in [-0.2, 0) is 9.53 Å². The van der Waals surface area contributed by atoms with Gasteiger partial charge in [-0.2, -0.15) is 0 Å². The number of nitrogens with one attached hydrogen (secondary N) is 1. The number of rotatable bonds is 5. The molecule has 24 heavy (non-hydrogen) atoms. The van der Waals surface area contributed by atoms with Crippen LogP contribution in [0.1, 0.15) is 42.5 Å². The quantitative estimate of drug-likeness (QED) is 0.822. The Kier molecular flexibility index (Phi) is 5.94. The van der Waals surface area contributed by atoms with E-state index in [1.54, 1.807) is 0 Å². The predicted octanol–water partition coefficient (Wildman–Crippen LogP) is 2.96. The molecule has 1 aliphatic rings. The highest BCUT2D eigenvalue weighted by atomic mass is 35.5. The highest BCUT2D eigenvalue weighted by Gasteiger charge is 2.42. The van der Waals surface area contributed by atoms with Crippen molar-refractivity contribution in [2.45, 2.75) is 37.6 Å². The third-order valence-electron chi connectivity index (χ3n) is 4.33. The molecule has 0 saturated heterocycles. The molecule has 1 amide bonds. The first-order valence-corrected chi connectivity index (χ1v) is 8.17. The minimum atomic E-state index is -0.982. The van der Waals surface area contributed by atoms with E-state index in [0.717, 1.165) is 19.3 Å². The predicted molar refractivity (Wildman–Crippen MR) is 89.9 cm³/mol. The van der Waals surface area contributed by atoms with Crippen molar-refractivity contribution in [2.24, 2.45) is 0 Å². The fourth-order valence-corrected chi connectivity index (χ4v) is 3.36. The molecule has 0 atom stereocenters. The van der Waals surface area contributed by atoms with Crippen molar-refractivity contribution in [1.29, 1.82) is 0 Å². The zero-order valence-corrected chi connectivity index (χ0v) is 14.9. The van der Waals surface area contributed by atoms with Crippen LogP contribution in [0.2, 0.25) is 5.02 Å². The zero-order chi connectivity index (χ0) is 17.7. The highest BCUT2D eigenvalue weighted by Crippen LogP contribution is 2.36. The van der Waals surface area contributed by atoms with E-state index in [1.165, 1.54) is 33.5 Å². The van der Waals surface area contributed by atoms with E-state index in [-0.39, 0.29) is 5.02 Å². The van der Waals surface area contributed by atoms with Gasteiger partial charge in [0.2, 0.25) is 0 Å². The van der Waals surface area contributed by atoms with Crippen LogP contribution in [-0.4, -0.2) is 38.7 Å². The molecule has 0 spiro atoms. The second kappa shape index (κ2) is 7.75. The summed E-state index contributed by atoms with van der Waals surface area (Å²) < 4.78 is 15.3. The largest absolute Gasteiger partial charge is 0.493 e. The molecule has 1 aromatic rings. The minimum Gasteiger partial charge on any atom is -0.493 e. The van der Waals surface area contributed by atoms with E-state index in [2.05, 4.69) is 5.32 Å². The first kappa shape index (κ1) is 18.4. The molecule has 1 fully saturated rings. The molecule has 132 valence electrons. The zero-order valence-electron chi connectivity index (χ0n) is 14.1. The maximum Gasteiger partial charge on any atom is 0.331 e. The Morgan fingerprint density at radius 2 is 1.75 bits per heavy atom. The second-order valence-electron chi connectivity index (χ2n) is 5.78. The normalized spacial score (nSPS) is 16.2. The molecule has 0 heterocycles. The highest BCUT2D eigenvalue weighted by molar-refractivity contribution is 6.32. The summed E-state index contributed by atoms with van der Waals surface area (Å²) in [5, 5.41) is 3.11. The standard InChI is InChI=1S/C17H22ClNO5/c1-22-13-10-11(9-12(18)14(13)23-2)15(20)19-17(16(21)24-3)7-5-4-6-8-17/h9-10H,4-8H2,1-3H3,(H,19,20). The summed E-state index contributed by atoms with van der Waals surface area (Å²) >= 11 is 6.15. The van der Waals surface area contributed by atoms with E-state index >= 15 is 0 Å². The Hall–Kier alpha value is -1.95. The number of hydrogen-bond donors (Lipinski definition) is 1. The molecule has 1 saturated carbocycles. The summed E-state index contributed by atoms with van der Waals surface area (Å²) in [6, 6.07) is 3.03. The number of esters is 1. The van der Waals surface area contributed by atoms with Gasteiger partial charge in [-0.3, -0.25) is 4.79 Å². The average molecular weight is 356 g/mol. The molecule has 0 radical (unpaired) electrons. The Morgan fingerprint density at radius 3 is 2.29 bits per heavy atom. The average Bonchev–Trinajstić information content (AvgIpc) is 2.60. The molecular weight excluding hydrogens is 334 g/mol. The maximum absolute atomic E-state index is 12.7. The summed E-state index contributed by atoms with van der Waals surface area (Å²) in [5.74, 6) is -0.103. The fourth-order valence-electron chi connectivity index (χ4n) is 3.07. The SMILES string of the molecule is COC(=O)C1(NC(=O)c2cc(Cl)c(OC)c(OC)c2)CCCCC1. The van der Waals surface area contributed by atoms with E-state index in [1.807, 2.05) is 0 Å². The van der Waals surface area contributed by atoms with Gasteiger partial charge in [0.25, 0.3) is 5.91 Å². The summed E-state index contributed by atoms with van der Waals surface area (Å²) in [6.07, 6.45) is 3.89. The number of ether oxygens (including phenoxy) is 3. The van der Waals surface area contributed by atoms with E-state index in [4.69, 9.17) is 25.8 Å². The lowest BCUT2D eigenvalue weighted by Crippen LogP contribution is -2.56. The van der Waals surface area contributed by atoms with Crippen LogP contribution in [0.15, 0.2) is 12.1 Å². The lowest BCUT2D eigenvalue weighted by atomic mass is 9.81. The molecule has 0 unspecified atom stereocenters. The molecule has 1 aliphatic carbocycles. The van der Waals surface area contributed by atoms with Crippen molar-refractivity contribution in [3.8, 4) is 11.5 Å². The Balaban J connectivity index is 2.30. The molecule has 6 nitrogen and oxygen atoms in total.